The van der Waals surface area contributed by atoms with E-state index in [0.717, 1.165) is 46.5 Å². The minimum absolute atomic E-state index is 0.0318. The first kappa shape index (κ1) is 38.6. The standard InChI is InChI=1S/C34H38Cl2F2N4O5S2/c1-34(2,21-9-14-26(35)30(16-21)47-6)31-19-39-33(42(31)23-12-10-22(37)11-13-23)48-20-25-27(36)17-24(18-28(25)38)49(45,46)41(5)29(32(43)44)8-7-15-40(3)4/h9-14,16-19,29H,7-8,15,20H2,1-6H3,(H,43,44)/t29-/m0/s1. The topological polar surface area (TPSA) is 105 Å². The molecule has 0 spiro atoms. The molecule has 1 N–H and O–H groups in total. The molecule has 4 rings (SSSR count). The van der Waals surface area contributed by atoms with E-state index in [-0.39, 0.29) is 22.8 Å². The molecule has 0 aliphatic heterocycles. The lowest BCUT2D eigenvalue weighted by molar-refractivity contribution is -0.141. The van der Waals surface area contributed by atoms with Crippen molar-refractivity contribution in [3.63, 3.8) is 0 Å². The predicted octanol–water partition coefficient (Wildman–Crippen LogP) is 7.50. The van der Waals surface area contributed by atoms with Crippen molar-refractivity contribution >= 4 is 51.0 Å². The van der Waals surface area contributed by atoms with Crippen LogP contribution in [0.2, 0.25) is 10.0 Å². The fourth-order valence-corrected chi connectivity index (χ4v) is 8.33. The Hall–Kier alpha value is -3.20. The molecule has 264 valence electrons. The van der Waals surface area contributed by atoms with Crippen LogP contribution in [0.4, 0.5) is 8.78 Å². The zero-order valence-electron chi connectivity index (χ0n) is 27.9. The normalized spacial score (nSPS) is 12.9. The highest BCUT2D eigenvalue weighted by atomic mass is 35.5. The number of aromatic nitrogens is 2. The van der Waals surface area contributed by atoms with Gasteiger partial charge in [-0.05, 0) is 87.6 Å². The van der Waals surface area contributed by atoms with Crippen molar-refractivity contribution in [2.24, 2.45) is 0 Å². The molecule has 1 atom stereocenters. The van der Waals surface area contributed by atoms with E-state index in [4.69, 9.17) is 27.9 Å². The van der Waals surface area contributed by atoms with Gasteiger partial charge < -0.3 is 14.7 Å². The molecule has 0 aliphatic rings. The Morgan fingerprint density at radius 2 is 1.73 bits per heavy atom. The average molecular weight is 756 g/mol. The zero-order valence-corrected chi connectivity index (χ0v) is 31.0. The van der Waals surface area contributed by atoms with Gasteiger partial charge in [-0.3, -0.25) is 9.36 Å². The van der Waals surface area contributed by atoms with Gasteiger partial charge in [0, 0.05) is 34.5 Å². The highest BCUT2D eigenvalue weighted by Gasteiger charge is 2.34. The molecule has 1 aromatic heterocycles. The third kappa shape index (κ3) is 8.58. The van der Waals surface area contributed by atoms with Crippen molar-refractivity contribution in [1.82, 2.24) is 18.8 Å². The number of imidazole rings is 1. The number of carboxylic acids is 1. The predicted molar refractivity (Wildman–Crippen MR) is 189 cm³/mol. The molecule has 3 aromatic carbocycles. The van der Waals surface area contributed by atoms with E-state index in [9.17, 15) is 22.7 Å². The smallest absolute Gasteiger partial charge is 0.322 e. The summed E-state index contributed by atoms with van der Waals surface area (Å²) in [6, 6.07) is 12.0. The highest BCUT2D eigenvalue weighted by Crippen LogP contribution is 2.40. The molecule has 0 bridgehead atoms. The summed E-state index contributed by atoms with van der Waals surface area (Å²) in [6.45, 7) is 4.55. The number of halogens is 4. The number of carboxylic acid groups (broad SMARTS) is 1. The molecule has 49 heavy (non-hydrogen) atoms. The number of nitrogens with zero attached hydrogens (tertiary/aromatic N) is 4. The molecule has 15 heteroatoms. The maximum Gasteiger partial charge on any atom is 0.322 e. The molecule has 9 nitrogen and oxygen atoms in total. The van der Waals surface area contributed by atoms with Crippen molar-refractivity contribution < 1.29 is 31.8 Å². The van der Waals surface area contributed by atoms with Crippen molar-refractivity contribution in [3.8, 4) is 11.4 Å². The molecule has 4 aromatic rings. The second kappa shape index (κ2) is 15.8. The van der Waals surface area contributed by atoms with Crippen LogP contribution in [0.1, 0.15) is 43.5 Å². The Morgan fingerprint density at radius 1 is 1.06 bits per heavy atom. The van der Waals surface area contributed by atoms with Crippen LogP contribution >= 0.6 is 35.0 Å². The number of thioether (sulfide) groups is 1. The number of benzene rings is 3. The maximum atomic E-state index is 15.7. The van der Waals surface area contributed by atoms with Gasteiger partial charge >= 0.3 is 5.97 Å². The monoisotopic (exact) mass is 754 g/mol. The van der Waals surface area contributed by atoms with E-state index >= 15 is 4.39 Å². The van der Waals surface area contributed by atoms with Crippen LogP contribution in [0.15, 0.2) is 70.8 Å². The van der Waals surface area contributed by atoms with Crippen LogP contribution in [-0.2, 0) is 26.0 Å². The summed E-state index contributed by atoms with van der Waals surface area (Å²) in [5.74, 6) is -2.13. The molecule has 0 fully saturated rings. The summed E-state index contributed by atoms with van der Waals surface area (Å²) in [6.07, 6.45) is 2.20. The SMILES string of the molecule is COc1cc(C(C)(C)c2cnc(SCc3c(F)cc(S(=O)(=O)N(C)[C@@H](CCCN(C)C)C(=O)O)cc3Cl)n2-c2ccc(F)cc2)ccc1Cl. The lowest BCUT2D eigenvalue weighted by atomic mass is 9.81. The Kier molecular flexibility index (Phi) is 12.4. The number of sulfonamides is 1. The van der Waals surface area contributed by atoms with E-state index < -0.39 is 44.0 Å². The van der Waals surface area contributed by atoms with Crippen LogP contribution in [0.3, 0.4) is 0 Å². The summed E-state index contributed by atoms with van der Waals surface area (Å²) >= 11 is 13.9. The zero-order chi connectivity index (χ0) is 36.3. The second-order valence-electron chi connectivity index (χ2n) is 12.2. The first-order valence-corrected chi connectivity index (χ1v) is 18.3. The molecule has 1 heterocycles. The number of hydrogen-bond acceptors (Lipinski definition) is 7. The van der Waals surface area contributed by atoms with Crippen molar-refractivity contribution in [3.05, 3.63) is 99.3 Å². The van der Waals surface area contributed by atoms with Gasteiger partial charge in [-0.15, -0.1) is 0 Å². The summed E-state index contributed by atoms with van der Waals surface area (Å²) in [4.78, 5) is 18.0. The van der Waals surface area contributed by atoms with Crippen molar-refractivity contribution in [1.29, 1.82) is 0 Å². The number of rotatable bonds is 15. The van der Waals surface area contributed by atoms with Crippen LogP contribution in [0.5, 0.6) is 5.75 Å². The molecule has 0 saturated carbocycles. The Morgan fingerprint density at radius 3 is 2.33 bits per heavy atom. The molecule has 0 unspecified atom stereocenters. The summed E-state index contributed by atoms with van der Waals surface area (Å²) < 4.78 is 64.5. The Labute approximate surface area is 299 Å². The van der Waals surface area contributed by atoms with Gasteiger partial charge in [0.05, 0.1) is 28.9 Å². The van der Waals surface area contributed by atoms with Crippen LogP contribution in [-0.4, -0.2) is 79.1 Å². The third-order valence-corrected chi connectivity index (χ3v) is 11.7. The largest absolute Gasteiger partial charge is 0.495 e. The van der Waals surface area contributed by atoms with Gasteiger partial charge in [0.15, 0.2) is 5.16 Å². The lowest BCUT2D eigenvalue weighted by Crippen LogP contribution is -2.42. The fourth-order valence-electron chi connectivity index (χ4n) is 5.31. The van der Waals surface area contributed by atoms with E-state index in [1.807, 2.05) is 49.5 Å². The molecule has 0 aliphatic carbocycles. The lowest BCUT2D eigenvalue weighted by Gasteiger charge is -2.28. The fraction of sp³-hybridized carbons (Fsp3) is 0.353. The minimum Gasteiger partial charge on any atom is -0.495 e. The van der Waals surface area contributed by atoms with Gasteiger partial charge in [-0.25, -0.2) is 22.2 Å². The maximum absolute atomic E-state index is 15.7. The molecular weight excluding hydrogens is 717 g/mol. The number of aliphatic carboxylic acids is 1. The Balaban J connectivity index is 1.67. The Bertz CT molecular complexity index is 1900. The third-order valence-electron chi connectivity index (χ3n) is 8.27. The van der Waals surface area contributed by atoms with Crippen LogP contribution in [0, 0.1) is 11.6 Å². The van der Waals surface area contributed by atoms with E-state index in [0.29, 0.717) is 34.6 Å². The van der Waals surface area contributed by atoms with E-state index in [1.54, 1.807) is 24.4 Å². The average Bonchev–Trinajstić information content (AvgIpc) is 3.47. The molecule has 0 radical (unpaired) electrons. The van der Waals surface area contributed by atoms with E-state index in [1.165, 1.54) is 19.2 Å². The first-order valence-electron chi connectivity index (χ1n) is 15.1. The van der Waals surface area contributed by atoms with Gasteiger partial charge in [-0.1, -0.05) is 54.9 Å². The quantitative estimate of drug-likeness (QED) is 0.125. The van der Waals surface area contributed by atoms with E-state index in [2.05, 4.69) is 4.98 Å². The number of carbonyl (C=O) groups is 1. The van der Waals surface area contributed by atoms with Crippen molar-refractivity contribution in [2.75, 3.05) is 34.8 Å². The molecule has 0 amide bonds. The first-order chi connectivity index (χ1) is 23.0. The summed E-state index contributed by atoms with van der Waals surface area (Å²) in [7, 11) is 1.93. The van der Waals surface area contributed by atoms with Crippen molar-refractivity contribution in [2.45, 2.75) is 54.0 Å². The summed E-state index contributed by atoms with van der Waals surface area (Å²) in [5, 5.41) is 10.5. The van der Waals surface area contributed by atoms with Gasteiger partial charge in [0.2, 0.25) is 10.0 Å². The highest BCUT2D eigenvalue weighted by molar-refractivity contribution is 7.98. The minimum atomic E-state index is -4.41. The number of ether oxygens (including phenoxy) is 1. The molecule has 0 saturated heterocycles. The van der Waals surface area contributed by atoms with Crippen LogP contribution in [0.25, 0.3) is 5.69 Å². The number of methoxy groups -OCH3 is 1. The van der Waals surface area contributed by atoms with Gasteiger partial charge in [0.25, 0.3) is 0 Å². The van der Waals surface area contributed by atoms with Crippen LogP contribution < -0.4 is 4.74 Å². The number of likely N-dealkylation sites (N-methyl/N-ethyl adjacent to an activating group) is 1. The summed E-state index contributed by atoms with van der Waals surface area (Å²) in [5.41, 5.74) is 1.59. The molecular formula is C34H38Cl2F2N4O5S2. The second-order valence-corrected chi connectivity index (χ2v) is 15.9. The van der Waals surface area contributed by atoms with Gasteiger partial charge in [0.1, 0.15) is 23.4 Å². The van der Waals surface area contributed by atoms with Gasteiger partial charge in [-0.2, -0.15) is 4.31 Å². The number of hydrogen-bond donors (Lipinski definition) is 1.